The van der Waals surface area contributed by atoms with E-state index in [1.54, 1.807) is 30.4 Å². The van der Waals surface area contributed by atoms with Crippen LogP contribution in [0.15, 0.2) is 86.2 Å². The summed E-state index contributed by atoms with van der Waals surface area (Å²) in [6.07, 6.45) is 44.1. The van der Waals surface area contributed by atoms with Crippen LogP contribution >= 0.6 is 19.4 Å². The number of unbranched alkanes of at least 4 members (excludes halogenated alkanes) is 30. The van der Waals surface area contributed by atoms with Crippen molar-refractivity contribution in [3.8, 4) is 0 Å². The lowest BCUT2D eigenvalue weighted by molar-refractivity contribution is -0.161. The number of amides is 1. The van der Waals surface area contributed by atoms with E-state index in [-0.39, 0.29) is 54.7 Å². The maximum Gasteiger partial charge on any atom is 0.472 e. The van der Waals surface area contributed by atoms with Crippen LogP contribution in [-0.4, -0.2) is 93.4 Å². The monoisotopic (exact) mass is 1390 g/mol. The van der Waals surface area contributed by atoms with Gasteiger partial charge in [0.2, 0.25) is 5.91 Å². The summed E-state index contributed by atoms with van der Waals surface area (Å²) in [6, 6.07) is 8.71. The Morgan fingerprint density at radius 1 is 0.606 bits per heavy atom. The Bertz CT molecular complexity index is 3040. The molecule has 0 aliphatic carbocycles. The second kappa shape index (κ2) is 43.9. The lowest BCUT2D eigenvalue weighted by Crippen LogP contribution is -2.30. The number of anilines is 1. The molecule has 0 aromatic heterocycles. The number of hydrogen-bond donors (Lipinski definition) is 4. The largest absolute Gasteiger partial charge is 0.472 e. The van der Waals surface area contributed by atoms with Crippen molar-refractivity contribution in [3.05, 3.63) is 82.6 Å². The molecular formula is C72H115ClN3O15PS2. The van der Waals surface area contributed by atoms with Crippen molar-refractivity contribution in [1.29, 1.82) is 0 Å². The van der Waals surface area contributed by atoms with Gasteiger partial charge in [0.05, 0.1) is 34.4 Å². The summed E-state index contributed by atoms with van der Waals surface area (Å²) < 4.78 is 102. The van der Waals surface area contributed by atoms with E-state index >= 15 is 0 Å². The van der Waals surface area contributed by atoms with Crippen molar-refractivity contribution < 1.29 is 68.3 Å². The smallest absolute Gasteiger partial charge is 0.462 e. The molecule has 1 amide bonds. The maximum atomic E-state index is 13.0. The van der Waals surface area contributed by atoms with E-state index in [0.29, 0.717) is 66.2 Å². The van der Waals surface area contributed by atoms with Crippen molar-refractivity contribution in [1.82, 2.24) is 5.32 Å². The van der Waals surface area contributed by atoms with Gasteiger partial charge in [-0.25, -0.2) is 4.57 Å². The summed E-state index contributed by atoms with van der Waals surface area (Å²) in [6.45, 7) is 11.3. The first-order chi connectivity index (χ1) is 44.8. The molecule has 2 heterocycles. The summed E-state index contributed by atoms with van der Waals surface area (Å²) in [7, 11) is -13.6. The fourth-order valence-corrected chi connectivity index (χ4v) is 14.0. The van der Waals surface area contributed by atoms with Gasteiger partial charge in [-0.3, -0.25) is 37.5 Å². The third kappa shape index (κ3) is 31.5. The molecule has 0 fully saturated rings. The van der Waals surface area contributed by atoms with Gasteiger partial charge in [-0.1, -0.05) is 239 Å². The third-order valence-corrected chi connectivity index (χ3v) is 20.8. The molecule has 0 bridgehead atoms. The van der Waals surface area contributed by atoms with Crippen molar-refractivity contribution in [2.24, 2.45) is 4.99 Å². The van der Waals surface area contributed by atoms with Gasteiger partial charge < -0.3 is 24.6 Å². The second-order valence-electron chi connectivity index (χ2n) is 26.6. The predicted octanol–water partition coefficient (Wildman–Crippen LogP) is 18.7. The maximum absolute atomic E-state index is 13.0. The predicted molar refractivity (Wildman–Crippen MR) is 377 cm³/mol. The number of phosphoric acid groups is 1. The summed E-state index contributed by atoms with van der Waals surface area (Å²) in [5, 5.41) is 3.03. The van der Waals surface area contributed by atoms with Gasteiger partial charge in [0.25, 0.3) is 20.2 Å². The number of carbonyl (C=O) groups excluding carboxylic acids is 3. The van der Waals surface area contributed by atoms with Gasteiger partial charge in [0.1, 0.15) is 6.61 Å². The summed E-state index contributed by atoms with van der Waals surface area (Å²) in [5.41, 5.74) is 2.55. The third-order valence-electron chi connectivity index (χ3n) is 17.9. The zero-order valence-electron chi connectivity index (χ0n) is 57.6. The highest BCUT2D eigenvalue weighted by Gasteiger charge is 2.41. The highest BCUT2D eigenvalue weighted by molar-refractivity contribution is 7.86. The molecule has 94 heavy (non-hydrogen) atoms. The fourth-order valence-electron chi connectivity index (χ4n) is 12.1. The van der Waals surface area contributed by atoms with Gasteiger partial charge in [-0.2, -0.15) is 16.8 Å². The van der Waals surface area contributed by atoms with Crippen LogP contribution in [0.5, 0.6) is 0 Å². The number of allylic oxidation sites excluding steroid dienone is 6. The van der Waals surface area contributed by atoms with E-state index in [1.807, 2.05) is 33.8 Å². The Hall–Kier alpha value is -4.24. The quantitative estimate of drug-likeness (QED) is 0.0158. The number of nitrogens with zero attached hydrogens (tertiary/aromatic N) is 2. The zero-order valence-corrected chi connectivity index (χ0v) is 60.9. The molecule has 0 saturated carbocycles. The summed E-state index contributed by atoms with van der Waals surface area (Å²) >= 11 is 6.78. The van der Waals surface area contributed by atoms with Gasteiger partial charge >= 0.3 is 19.8 Å². The number of hydrogen-bond acceptors (Lipinski definition) is 14. The number of fused-ring (bicyclic) bond motifs is 2. The van der Waals surface area contributed by atoms with Crippen LogP contribution in [0.2, 0.25) is 0 Å². The summed E-state index contributed by atoms with van der Waals surface area (Å²) in [4.78, 5) is 55.6. The minimum atomic E-state index is -4.70. The first kappa shape index (κ1) is 82.2. The molecule has 4 rings (SSSR count). The number of rotatable bonds is 53. The van der Waals surface area contributed by atoms with Crippen molar-refractivity contribution in [3.63, 3.8) is 0 Å². The number of halogens is 1. The number of nitrogens with one attached hydrogen (secondary N) is 1. The standard InChI is InChI=1S/C72H115ClN3O15PS2/c1-7-9-11-13-15-17-19-21-23-25-27-29-31-33-37-41-69(78)88-56-59(91-70(79)42-38-34-32-30-28-26-24-22-20-18-16-14-12-10-8-2)57-90-92(80,81)89-53-51-74-68(77)40-36-35-39-52-76-65-48-46-61(94(85,86)87)55-63(65)72(5,6)67(76)50-44-58(73)43-49-66-71(3,4)62-54-60(93(82,83)84)45-47-64(62)75-66/h43-50,54-55,59H,7-42,51-53,56-57H2,1-6H3,(H,74,77)(H,80,81)(H,82,83,84)(H,85,86,87)/b49-43+,58-44-,67-50-/t59-/m1/s1. The van der Waals surface area contributed by atoms with Gasteiger partial charge in [0.15, 0.2) is 6.10 Å². The van der Waals surface area contributed by atoms with Crippen LogP contribution in [0.25, 0.3) is 0 Å². The van der Waals surface area contributed by atoms with Crippen LogP contribution in [0.1, 0.15) is 284 Å². The van der Waals surface area contributed by atoms with Gasteiger partial charge in [-0.15, -0.1) is 0 Å². The molecule has 18 nitrogen and oxygen atoms in total. The Balaban J connectivity index is 1.22. The molecule has 2 aromatic carbocycles. The second-order valence-corrected chi connectivity index (χ2v) is 31.3. The van der Waals surface area contributed by atoms with Crippen LogP contribution in [0.3, 0.4) is 0 Å². The number of phosphoric ester groups is 1. The van der Waals surface area contributed by atoms with Crippen LogP contribution < -0.4 is 10.2 Å². The van der Waals surface area contributed by atoms with E-state index in [9.17, 15) is 49.8 Å². The molecule has 22 heteroatoms. The molecule has 4 N–H and O–H groups in total. The lowest BCUT2D eigenvalue weighted by Gasteiger charge is -2.27. The fraction of sp³-hybridized carbons (Fsp3) is 0.694. The van der Waals surface area contributed by atoms with Crippen LogP contribution in [-0.2, 0) is 68.5 Å². The van der Waals surface area contributed by atoms with Crippen molar-refractivity contribution in [2.75, 3.05) is 37.8 Å². The highest BCUT2D eigenvalue weighted by atomic mass is 35.5. The molecule has 2 aliphatic rings. The number of ether oxygens (including phenoxy) is 2. The Labute approximate surface area is 569 Å². The Kier molecular flexibility index (Phi) is 38.4. The van der Waals surface area contributed by atoms with E-state index < -0.39 is 63.5 Å². The van der Waals surface area contributed by atoms with E-state index in [4.69, 9.17) is 30.1 Å². The minimum absolute atomic E-state index is 0.0939. The number of aliphatic imine (C=N–C) groups is 1. The summed E-state index contributed by atoms with van der Waals surface area (Å²) in [5.74, 6) is -1.26. The molecule has 1 unspecified atom stereocenters. The van der Waals surface area contributed by atoms with Gasteiger partial charge in [0, 0.05) is 59.6 Å². The SMILES string of the molecule is CCCCCCCCCCCCCCCCCC(=O)OC[C@H](COP(=O)(O)OCCNC(=O)CCCCCN1\C(=C/C=C(Cl)/C=C/C2=Nc3ccc(S(=O)(=O)O)cc3C2(C)C)C(C)(C)c2cc(S(=O)(=O)O)ccc21)OC(=O)CCCCCCCCCCCCCCCCC. The Morgan fingerprint density at radius 3 is 1.57 bits per heavy atom. The first-order valence-corrected chi connectivity index (χ1v) is 40.2. The van der Waals surface area contributed by atoms with Crippen LogP contribution in [0, 0.1) is 0 Å². The molecule has 2 atom stereocenters. The number of carbonyl (C=O) groups is 3. The average molecular weight is 1390 g/mol. The molecule has 0 spiro atoms. The van der Waals surface area contributed by atoms with E-state index in [1.165, 1.54) is 166 Å². The molecule has 0 saturated heterocycles. The number of esters is 2. The van der Waals surface area contributed by atoms with Crippen LogP contribution in [0.4, 0.5) is 11.4 Å². The Morgan fingerprint density at radius 2 is 1.06 bits per heavy atom. The number of benzene rings is 2. The molecule has 2 aromatic rings. The van der Waals surface area contributed by atoms with Crippen molar-refractivity contribution in [2.45, 2.75) is 299 Å². The zero-order chi connectivity index (χ0) is 68.9. The molecule has 532 valence electrons. The molecule has 2 aliphatic heterocycles. The molecule has 0 radical (unpaired) electrons. The normalized spacial score (nSPS) is 15.9. The minimum Gasteiger partial charge on any atom is -0.462 e. The topological polar surface area (TPSA) is 262 Å². The molecular weight excluding hydrogens is 1280 g/mol. The highest BCUT2D eigenvalue weighted by Crippen LogP contribution is 2.49. The van der Waals surface area contributed by atoms with E-state index in [2.05, 4.69) is 29.1 Å². The van der Waals surface area contributed by atoms with Crippen molar-refractivity contribution >= 4 is 74.6 Å². The lowest BCUT2D eigenvalue weighted by atomic mass is 9.81. The van der Waals surface area contributed by atoms with Gasteiger partial charge in [-0.05, 0) is 97.5 Å². The first-order valence-electron chi connectivity index (χ1n) is 35.4. The van der Waals surface area contributed by atoms with E-state index in [0.717, 1.165) is 49.9 Å². The average Bonchev–Trinajstić information content (AvgIpc) is 1.60.